The lowest BCUT2D eigenvalue weighted by Gasteiger charge is -2.26. The molecular weight excluding hydrogens is 617 g/mol. The molecule has 4 aliphatic carbocycles. The summed E-state index contributed by atoms with van der Waals surface area (Å²) in [7, 11) is 0. The largest absolute Gasteiger partial charge is 0.573 e. The number of nitrogens with one attached hydrogen (secondary N) is 1. The molecule has 10 nitrogen and oxygen atoms in total. The number of alkyl halides is 3. The summed E-state index contributed by atoms with van der Waals surface area (Å²) in [6.07, 6.45) is 5.25. The van der Waals surface area contributed by atoms with Crippen molar-refractivity contribution in [1.82, 2.24) is 20.2 Å². The third-order valence-electron chi connectivity index (χ3n) is 11.9. The fourth-order valence-corrected chi connectivity index (χ4v) is 9.19. The Morgan fingerprint density at radius 2 is 1.91 bits per heavy atom. The molecule has 1 aromatic carbocycles. The molecule has 2 amide bonds. The number of Topliss-reactive ketones (excluding diaryl/α,β-unsaturated/α-hetero) is 1. The van der Waals surface area contributed by atoms with Gasteiger partial charge < -0.3 is 24.8 Å². The number of halogens is 3. The highest BCUT2D eigenvalue weighted by Crippen LogP contribution is 2.72. The standard InChI is InChI=1S/C34H41F3N4O6/c1-31(11-8-20-15-23(20)31)10-4-2-3-5-25-29(40-26-16-22(47-34(35,36)37)6-7-24(26)39-25)46-14-9-21-19-41(28(43)18-38-30(44)45)33(17-27(33)42)32(21)12-13-32/h6-7,16,20-21,23,38H,2-5,8-15,17-19H2,1H3,(H,44,45)/t20?,21?,23?,31?,33-/m1/s1. The van der Waals surface area contributed by atoms with Gasteiger partial charge in [0, 0.05) is 24.4 Å². The Morgan fingerprint density at radius 3 is 2.55 bits per heavy atom. The molecule has 7 rings (SSSR count). The Kier molecular flexibility index (Phi) is 7.82. The molecule has 5 fully saturated rings. The van der Waals surface area contributed by atoms with Crippen LogP contribution in [0, 0.1) is 28.6 Å². The first-order valence-corrected chi connectivity index (χ1v) is 16.8. The number of ketones is 1. The van der Waals surface area contributed by atoms with Crippen LogP contribution in [0.4, 0.5) is 18.0 Å². The number of carboxylic acid groups (broad SMARTS) is 1. The Labute approximate surface area is 270 Å². The van der Waals surface area contributed by atoms with E-state index in [0.717, 1.165) is 43.9 Å². The zero-order valence-electron chi connectivity index (χ0n) is 26.5. The van der Waals surface area contributed by atoms with Gasteiger partial charge in [-0.3, -0.25) is 9.59 Å². The number of carbonyl (C=O) groups excluding carboxylic acids is 2. The van der Waals surface area contributed by atoms with E-state index in [9.17, 15) is 27.6 Å². The predicted octanol–water partition coefficient (Wildman–Crippen LogP) is 6.05. The van der Waals surface area contributed by atoms with Gasteiger partial charge in [-0.1, -0.05) is 19.8 Å². The quantitative estimate of drug-likeness (QED) is 0.249. The van der Waals surface area contributed by atoms with E-state index < -0.39 is 23.9 Å². The third-order valence-corrected chi connectivity index (χ3v) is 11.9. The van der Waals surface area contributed by atoms with Gasteiger partial charge in [-0.25, -0.2) is 14.8 Å². The maximum atomic E-state index is 13.0. The second-order valence-corrected chi connectivity index (χ2v) is 14.6. The average Bonchev–Trinajstić information content (AvgIpc) is 3.93. The molecule has 2 aromatic rings. The van der Waals surface area contributed by atoms with Crippen LogP contribution < -0.4 is 14.8 Å². The SMILES string of the molecule is CC1(CCCCCc2nc3ccc(OC(F)(F)F)cc3nc2OCCC2CN(C(=O)CNC(=O)O)[C@@]3(CC3=O)C23CC3)CCC2CC21. The first kappa shape index (κ1) is 31.9. The summed E-state index contributed by atoms with van der Waals surface area (Å²) >= 11 is 0. The number of aryl methyl sites for hydroxylation is 1. The number of aromatic nitrogens is 2. The molecule has 4 unspecified atom stereocenters. The van der Waals surface area contributed by atoms with Crippen molar-refractivity contribution < 1.29 is 42.1 Å². The van der Waals surface area contributed by atoms with Gasteiger partial charge in [0.05, 0.1) is 17.6 Å². The summed E-state index contributed by atoms with van der Waals surface area (Å²) in [4.78, 5) is 47.6. The Bertz CT molecular complexity index is 1600. The van der Waals surface area contributed by atoms with Gasteiger partial charge >= 0.3 is 12.5 Å². The molecule has 2 N–H and O–H groups in total. The second-order valence-electron chi connectivity index (χ2n) is 14.6. The number of carbonyl (C=O) groups is 3. The number of nitrogens with zero attached hydrogens (tertiary/aromatic N) is 3. The minimum atomic E-state index is -4.84. The van der Waals surface area contributed by atoms with E-state index in [-0.39, 0.29) is 53.8 Å². The molecule has 47 heavy (non-hydrogen) atoms. The first-order chi connectivity index (χ1) is 22.3. The Balaban J connectivity index is 1.03. The van der Waals surface area contributed by atoms with Crippen molar-refractivity contribution in [2.75, 3.05) is 19.7 Å². The van der Waals surface area contributed by atoms with Gasteiger partial charge in [-0.15, -0.1) is 13.2 Å². The van der Waals surface area contributed by atoms with E-state index in [1.807, 2.05) is 0 Å². The lowest BCUT2D eigenvalue weighted by Crippen LogP contribution is -2.46. The highest BCUT2D eigenvalue weighted by atomic mass is 19.4. The van der Waals surface area contributed by atoms with Crippen LogP contribution in [0.3, 0.4) is 0 Å². The number of unbranched alkanes of at least 4 members (excludes halogenated alkanes) is 2. The van der Waals surface area contributed by atoms with Crippen molar-refractivity contribution >= 4 is 28.8 Å². The minimum absolute atomic E-state index is 0.0144. The van der Waals surface area contributed by atoms with Gasteiger partial charge in [0.1, 0.15) is 23.5 Å². The second kappa shape index (κ2) is 11.5. The van der Waals surface area contributed by atoms with Crippen molar-refractivity contribution in [3.63, 3.8) is 0 Å². The van der Waals surface area contributed by atoms with Gasteiger partial charge in [0.15, 0.2) is 5.78 Å². The lowest BCUT2D eigenvalue weighted by atomic mass is 9.80. The smallest absolute Gasteiger partial charge is 0.476 e. The summed E-state index contributed by atoms with van der Waals surface area (Å²) in [6.45, 7) is 2.60. The van der Waals surface area contributed by atoms with Crippen LogP contribution in [0.15, 0.2) is 18.2 Å². The molecule has 2 heterocycles. The predicted molar refractivity (Wildman–Crippen MR) is 163 cm³/mol. The molecule has 2 spiro atoms. The monoisotopic (exact) mass is 658 g/mol. The number of hydrogen-bond donors (Lipinski definition) is 2. The lowest BCUT2D eigenvalue weighted by molar-refractivity contribution is -0.274. The van der Waals surface area contributed by atoms with E-state index in [1.165, 1.54) is 43.9 Å². The zero-order chi connectivity index (χ0) is 33.2. The molecule has 254 valence electrons. The van der Waals surface area contributed by atoms with E-state index in [4.69, 9.17) is 14.8 Å². The van der Waals surface area contributed by atoms with Crippen LogP contribution in [0.2, 0.25) is 0 Å². The van der Waals surface area contributed by atoms with Crippen LogP contribution >= 0.6 is 0 Å². The number of rotatable bonds is 13. The molecule has 1 aromatic heterocycles. The van der Waals surface area contributed by atoms with Gasteiger partial charge in [0.25, 0.3) is 0 Å². The van der Waals surface area contributed by atoms with Gasteiger partial charge in [-0.05, 0) is 93.1 Å². The number of hydrogen-bond acceptors (Lipinski definition) is 7. The molecule has 0 radical (unpaired) electrons. The normalized spacial score (nSPS) is 29.7. The van der Waals surface area contributed by atoms with Crippen LogP contribution in [0.25, 0.3) is 11.0 Å². The van der Waals surface area contributed by atoms with Crippen LogP contribution in [-0.2, 0) is 16.0 Å². The number of fused-ring (bicyclic) bond motifs is 3. The maximum Gasteiger partial charge on any atom is 0.573 e. The van der Waals surface area contributed by atoms with E-state index in [2.05, 4.69) is 22.0 Å². The molecule has 4 saturated carbocycles. The van der Waals surface area contributed by atoms with Crippen molar-refractivity contribution in [2.24, 2.45) is 28.6 Å². The van der Waals surface area contributed by atoms with Crippen molar-refractivity contribution in [3.8, 4) is 11.6 Å². The van der Waals surface area contributed by atoms with Crippen molar-refractivity contribution in [1.29, 1.82) is 0 Å². The maximum absolute atomic E-state index is 13.0. The van der Waals surface area contributed by atoms with Gasteiger partial charge in [-0.2, -0.15) is 0 Å². The zero-order valence-corrected chi connectivity index (χ0v) is 26.5. The number of ether oxygens (including phenoxy) is 2. The molecule has 5 aliphatic rings. The first-order valence-electron chi connectivity index (χ1n) is 16.8. The topological polar surface area (TPSA) is 131 Å². The Morgan fingerprint density at radius 1 is 1.13 bits per heavy atom. The van der Waals surface area contributed by atoms with E-state index >= 15 is 0 Å². The molecule has 13 heteroatoms. The summed E-state index contributed by atoms with van der Waals surface area (Å²) in [5.41, 5.74) is 0.607. The fraction of sp³-hybridized carbons (Fsp3) is 0.676. The highest BCUT2D eigenvalue weighted by molar-refractivity contribution is 6.10. The number of amides is 2. The highest BCUT2D eigenvalue weighted by Gasteiger charge is 2.80. The van der Waals surface area contributed by atoms with Crippen LogP contribution in [0.1, 0.15) is 83.2 Å². The van der Waals surface area contributed by atoms with Crippen molar-refractivity contribution in [2.45, 2.75) is 95.9 Å². The molecule has 0 bridgehead atoms. The molecular formula is C34H41F3N4O6. The average molecular weight is 659 g/mol. The molecule has 1 aliphatic heterocycles. The molecule has 1 saturated heterocycles. The van der Waals surface area contributed by atoms with E-state index in [0.29, 0.717) is 36.0 Å². The van der Waals surface area contributed by atoms with E-state index in [1.54, 1.807) is 4.90 Å². The summed E-state index contributed by atoms with van der Waals surface area (Å²) in [5.74, 6) is 1.31. The summed E-state index contributed by atoms with van der Waals surface area (Å²) in [6, 6.07) is 3.90. The van der Waals surface area contributed by atoms with Crippen LogP contribution in [-0.4, -0.2) is 69.4 Å². The van der Waals surface area contributed by atoms with Gasteiger partial charge in [0.2, 0.25) is 11.8 Å². The fourth-order valence-electron chi connectivity index (χ4n) is 9.19. The number of likely N-dealkylation sites (tertiary alicyclic amines) is 1. The summed E-state index contributed by atoms with van der Waals surface area (Å²) < 4.78 is 49.0. The van der Waals surface area contributed by atoms with Crippen molar-refractivity contribution in [3.05, 3.63) is 23.9 Å². The minimum Gasteiger partial charge on any atom is -0.476 e. The third kappa shape index (κ3) is 5.99. The van der Waals surface area contributed by atoms with Crippen LogP contribution in [0.5, 0.6) is 11.6 Å². The number of benzene rings is 1. The Hall–Kier alpha value is -3.64. The summed E-state index contributed by atoms with van der Waals surface area (Å²) in [5, 5.41) is 11.1. The molecule has 5 atom stereocenters.